The highest BCUT2D eigenvalue weighted by atomic mass is 16.5. The predicted molar refractivity (Wildman–Crippen MR) is 62.2 cm³/mol. The molecular weight excluding hydrogens is 188 g/mol. The van der Waals surface area contributed by atoms with Crippen LogP contribution < -0.4 is 4.74 Å². The zero-order valence-corrected chi connectivity index (χ0v) is 9.57. The van der Waals surface area contributed by atoms with Crippen molar-refractivity contribution in [2.75, 3.05) is 6.61 Å². The normalized spacial score (nSPS) is 12.5. The highest BCUT2D eigenvalue weighted by molar-refractivity contribution is 5.27. The van der Waals surface area contributed by atoms with Crippen LogP contribution in [0.15, 0.2) is 24.3 Å². The summed E-state index contributed by atoms with van der Waals surface area (Å²) < 4.78 is 5.52. The molecule has 2 nitrogen and oxygen atoms in total. The summed E-state index contributed by atoms with van der Waals surface area (Å²) in [7, 11) is 0. The Labute approximate surface area is 91.9 Å². The SMILES string of the molecule is CCc1ccc(OCCC(O)CC)cc1. The number of ether oxygens (including phenoxy) is 1. The van der Waals surface area contributed by atoms with Crippen molar-refractivity contribution in [3.05, 3.63) is 29.8 Å². The van der Waals surface area contributed by atoms with Crippen molar-refractivity contribution in [3.8, 4) is 5.75 Å². The molecular formula is C13H20O2. The smallest absolute Gasteiger partial charge is 0.119 e. The largest absolute Gasteiger partial charge is 0.493 e. The third-order valence-electron chi connectivity index (χ3n) is 2.52. The van der Waals surface area contributed by atoms with E-state index in [9.17, 15) is 5.11 Å². The Morgan fingerprint density at radius 1 is 1.20 bits per heavy atom. The molecule has 1 aromatic carbocycles. The van der Waals surface area contributed by atoms with Crippen molar-refractivity contribution in [1.82, 2.24) is 0 Å². The minimum atomic E-state index is -0.236. The first-order valence-corrected chi connectivity index (χ1v) is 5.66. The highest BCUT2D eigenvalue weighted by Gasteiger charge is 2.00. The second kappa shape index (κ2) is 6.46. The Morgan fingerprint density at radius 3 is 2.40 bits per heavy atom. The Kier molecular flexibility index (Phi) is 5.19. The van der Waals surface area contributed by atoms with E-state index in [1.165, 1.54) is 5.56 Å². The number of aryl methyl sites for hydroxylation is 1. The Morgan fingerprint density at radius 2 is 1.87 bits per heavy atom. The van der Waals surface area contributed by atoms with Gasteiger partial charge in [0.1, 0.15) is 5.75 Å². The monoisotopic (exact) mass is 208 g/mol. The molecule has 0 aliphatic rings. The van der Waals surface area contributed by atoms with Gasteiger partial charge in [-0.2, -0.15) is 0 Å². The third kappa shape index (κ3) is 4.34. The van der Waals surface area contributed by atoms with Crippen molar-refractivity contribution >= 4 is 0 Å². The van der Waals surface area contributed by atoms with Crippen LogP contribution in [0.25, 0.3) is 0 Å². The van der Waals surface area contributed by atoms with Crippen molar-refractivity contribution in [3.63, 3.8) is 0 Å². The van der Waals surface area contributed by atoms with Crippen LogP contribution in [-0.4, -0.2) is 17.8 Å². The van der Waals surface area contributed by atoms with Crippen LogP contribution in [-0.2, 0) is 6.42 Å². The first-order valence-electron chi connectivity index (χ1n) is 5.66. The molecule has 0 saturated heterocycles. The zero-order valence-electron chi connectivity index (χ0n) is 9.57. The van der Waals surface area contributed by atoms with Crippen LogP contribution in [0.3, 0.4) is 0 Å². The molecule has 84 valence electrons. The van der Waals surface area contributed by atoms with Gasteiger partial charge in [-0.1, -0.05) is 26.0 Å². The third-order valence-corrected chi connectivity index (χ3v) is 2.52. The van der Waals surface area contributed by atoms with E-state index in [0.717, 1.165) is 18.6 Å². The molecule has 0 heterocycles. The van der Waals surface area contributed by atoms with Gasteiger partial charge in [-0.05, 0) is 30.5 Å². The first-order chi connectivity index (χ1) is 7.26. The molecule has 0 aliphatic heterocycles. The number of rotatable bonds is 6. The lowest BCUT2D eigenvalue weighted by Gasteiger charge is -2.09. The van der Waals surface area contributed by atoms with Gasteiger partial charge in [0, 0.05) is 6.42 Å². The Bertz CT molecular complexity index is 266. The summed E-state index contributed by atoms with van der Waals surface area (Å²) in [6.45, 7) is 4.69. The van der Waals surface area contributed by atoms with E-state index in [0.29, 0.717) is 13.0 Å². The number of aliphatic hydroxyl groups excluding tert-OH is 1. The summed E-state index contributed by atoms with van der Waals surface area (Å²) in [6, 6.07) is 8.12. The second-order valence-electron chi connectivity index (χ2n) is 3.70. The van der Waals surface area contributed by atoms with Gasteiger partial charge in [0.2, 0.25) is 0 Å². The summed E-state index contributed by atoms with van der Waals surface area (Å²) in [5, 5.41) is 9.34. The van der Waals surface area contributed by atoms with E-state index in [1.54, 1.807) is 0 Å². The fourth-order valence-corrected chi connectivity index (χ4v) is 1.34. The predicted octanol–water partition coefficient (Wildman–Crippen LogP) is 2.79. The second-order valence-corrected chi connectivity index (χ2v) is 3.70. The molecule has 0 aliphatic carbocycles. The Balaban J connectivity index is 2.31. The number of benzene rings is 1. The van der Waals surface area contributed by atoms with Crippen LogP contribution in [0.4, 0.5) is 0 Å². The molecule has 1 unspecified atom stereocenters. The molecule has 0 bridgehead atoms. The first kappa shape index (κ1) is 12.1. The number of hydrogen-bond acceptors (Lipinski definition) is 2. The lowest BCUT2D eigenvalue weighted by Crippen LogP contribution is -2.10. The standard InChI is InChI=1S/C13H20O2/c1-3-11-5-7-13(8-6-11)15-10-9-12(14)4-2/h5-8,12,14H,3-4,9-10H2,1-2H3. The average molecular weight is 208 g/mol. The molecule has 0 aromatic heterocycles. The highest BCUT2D eigenvalue weighted by Crippen LogP contribution is 2.13. The topological polar surface area (TPSA) is 29.5 Å². The average Bonchev–Trinajstić information content (AvgIpc) is 2.29. The van der Waals surface area contributed by atoms with Crippen molar-refractivity contribution in [2.24, 2.45) is 0 Å². The van der Waals surface area contributed by atoms with Gasteiger partial charge in [0.15, 0.2) is 0 Å². The van der Waals surface area contributed by atoms with Gasteiger partial charge >= 0.3 is 0 Å². The molecule has 2 heteroatoms. The van der Waals surface area contributed by atoms with E-state index in [2.05, 4.69) is 19.1 Å². The molecule has 15 heavy (non-hydrogen) atoms. The molecule has 1 rings (SSSR count). The van der Waals surface area contributed by atoms with Gasteiger partial charge in [-0.15, -0.1) is 0 Å². The summed E-state index contributed by atoms with van der Waals surface area (Å²) in [6.07, 6.45) is 2.30. The summed E-state index contributed by atoms with van der Waals surface area (Å²) in [5.41, 5.74) is 1.32. The van der Waals surface area contributed by atoms with Gasteiger partial charge in [0.05, 0.1) is 12.7 Å². The van der Waals surface area contributed by atoms with E-state index in [-0.39, 0.29) is 6.10 Å². The maximum Gasteiger partial charge on any atom is 0.119 e. The summed E-state index contributed by atoms with van der Waals surface area (Å²) >= 11 is 0. The van der Waals surface area contributed by atoms with Crippen molar-refractivity contribution in [1.29, 1.82) is 0 Å². The molecule has 0 fully saturated rings. The van der Waals surface area contributed by atoms with Crippen LogP contribution in [0.2, 0.25) is 0 Å². The molecule has 0 saturated carbocycles. The minimum absolute atomic E-state index is 0.236. The van der Waals surface area contributed by atoms with Gasteiger partial charge in [-0.3, -0.25) is 0 Å². The molecule has 0 spiro atoms. The van der Waals surface area contributed by atoms with E-state index in [4.69, 9.17) is 4.74 Å². The lowest BCUT2D eigenvalue weighted by atomic mass is 10.2. The molecule has 0 amide bonds. The van der Waals surface area contributed by atoms with Crippen molar-refractivity contribution in [2.45, 2.75) is 39.2 Å². The van der Waals surface area contributed by atoms with Gasteiger partial charge < -0.3 is 9.84 Å². The minimum Gasteiger partial charge on any atom is -0.493 e. The van der Waals surface area contributed by atoms with E-state index in [1.807, 2.05) is 19.1 Å². The maximum absolute atomic E-state index is 9.34. The van der Waals surface area contributed by atoms with E-state index < -0.39 is 0 Å². The summed E-state index contributed by atoms with van der Waals surface area (Å²) in [5.74, 6) is 0.885. The van der Waals surface area contributed by atoms with E-state index >= 15 is 0 Å². The Hall–Kier alpha value is -1.02. The number of aliphatic hydroxyl groups is 1. The van der Waals surface area contributed by atoms with Crippen LogP contribution in [0, 0.1) is 0 Å². The molecule has 1 aromatic rings. The summed E-state index contributed by atoms with van der Waals surface area (Å²) in [4.78, 5) is 0. The molecule has 1 atom stereocenters. The maximum atomic E-state index is 9.34. The van der Waals surface area contributed by atoms with Gasteiger partial charge in [-0.25, -0.2) is 0 Å². The van der Waals surface area contributed by atoms with Crippen LogP contribution in [0.1, 0.15) is 32.3 Å². The fourth-order valence-electron chi connectivity index (χ4n) is 1.34. The zero-order chi connectivity index (χ0) is 11.1. The molecule has 1 N–H and O–H groups in total. The van der Waals surface area contributed by atoms with Crippen molar-refractivity contribution < 1.29 is 9.84 Å². The fraction of sp³-hybridized carbons (Fsp3) is 0.538. The van der Waals surface area contributed by atoms with Gasteiger partial charge in [0.25, 0.3) is 0 Å². The quantitative estimate of drug-likeness (QED) is 0.779. The van der Waals surface area contributed by atoms with Crippen LogP contribution >= 0.6 is 0 Å². The van der Waals surface area contributed by atoms with Crippen LogP contribution in [0.5, 0.6) is 5.75 Å². The number of hydrogen-bond donors (Lipinski definition) is 1. The molecule has 0 radical (unpaired) electrons. The lowest BCUT2D eigenvalue weighted by molar-refractivity contribution is 0.135.